The Morgan fingerprint density at radius 2 is 1.95 bits per heavy atom. The second-order valence-electron chi connectivity index (χ2n) is 4.04. The van der Waals surface area contributed by atoms with Gasteiger partial charge in [-0.2, -0.15) is 10.5 Å². The van der Waals surface area contributed by atoms with Crippen molar-refractivity contribution in [3.8, 4) is 12.1 Å². The van der Waals surface area contributed by atoms with Crippen molar-refractivity contribution in [2.75, 3.05) is 25.0 Å². The third-order valence-electron chi connectivity index (χ3n) is 2.65. The second kappa shape index (κ2) is 7.03. The molecule has 0 radical (unpaired) electrons. The molecule has 0 aliphatic heterocycles. The number of benzene rings is 1. The Kier molecular flexibility index (Phi) is 5.37. The molecule has 0 heterocycles. The van der Waals surface area contributed by atoms with E-state index in [-0.39, 0.29) is 19.0 Å². The van der Waals surface area contributed by atoms with E-state index in [4.69, 9.17) is 10.5 Å². The molecule has 1 amide bonds. The monoisotopic (exact) mass is 256 g/mol. The highest BCUT2D eigenvalue weighted by molar-refractivity contribution is 5.95. The molecule has 0 spiro atoms. The van der Waals surface area contributed by atoms with E-state index in [0.29, 0.717) is 5.56 Å². The molecular weight excluding hydrogens is 240 g/mol. The molecule has 0 saturated carbocycles. The number of aryl methyl sites for hydroxylation is 1. The predicted molar refractivity (Wildman–Crippen MR) is 72.5 cm³/mol. The maximum atomic E-state index is 12.1. The standard InChI is InChI=1S/C14H16N4O/c1-3-17-13-5-4-12(10-11(13)2)14(19)18(8-6-15)9-7-16/h4-5,10,17H,3,8-9H2,1-2H3. The normalized spacial score (nSPS) is 9.26. The molecular formula is C14H16N4O. The highest BCUT2D eigenvalue weighted by atomic mass is 16.2. The summed E-state index contributed by atoms with van der Waals surface area (Å²) in [5.41, 5.74) is 2.43. The van der Waals surface area contributed by atoms with Gasteiger partial charge in [-0.15, -0.1) is 0 Å². The van der Waals surface area contributed by atoms with Crippen molar-refractivity contribution in [1.82, 2.24) is 4.90 Å². The number of nitrogens with zero attached hydrogens (tertiary/aromatic N) is 3. The van der Waals surface area contributed by atoms with Crippen molar-refractivity contribution in [1.29, 1.82) is 10.5 Å². The zero-order valence-electron chi connectivity index (χ0n) is 11.1. The molecule has 5 heteroatoms. The van der Waals surface area contributed by atoms with Crippen LogP contribution in [0.5, 0.6) is 0 Å². The van der Waals surface area contributed by atoms with Gasteiger partial charge in [0, 0.05) is 17.8 Å². The summed E-state index contributed by atoms with van der Waals surface area (Å²) in [5, 5.41) is 20.5. The van der Waals surface area contributed by atoms with Crippen LogP contribution in [0, 0.1) is 29.6 Å². The lowest BCUT2D eigenvalue weighted by Crippen LogP contribution is -2.31. The van der Waals surface area contributed by atoms with Crippen LogP contribution >= 0.6 is 0 Å². The highest BCUT2D eigenvalue weighted by Crippen LogP contribution is 2.17. The molecule has 0 aromatic heterocycles. The molecule has 1 aromatic rings. The molecule has 0 atom stereocenters. The van der Waals surface area contributed by atoms with Gasteiger partial charge < -0.3 is 10.2 Å². The molecule has 0 fully saturated rings. The quantitative estimate of drug-likeness (QED) is 0.816. The molecule has 0 bridgehead atoms. The van der Waals surface area contributed by atoms with Crippen LogP contribution in [0.1, 0.15) is 22.8 Å². The fraction of sp³-hybridized carbons (Fsp3) is 0.357. The minimum absolute atomic E-state index is 0.0829. The van der Waals surface area contributed by atoms with E-state index in [1.54, 1.807) is 12.1 Å². The van der Waals surface area contributed by atoms with Crippen molar-refractivity contribution in [3.05, 3.63) is 29.3 Å². The number of amides is 1. The van der Waals surface area contributed by atoms with Crippen LogP contribution in [0.3, 0.4) is 0 Å². The van der Waals surface area contributed by atoms with Crippen LogP contribution in [0.15, 0.2) is 18.2 Å². The molecule has 1 rings (SSSR count). The summed E-state index contributed by atoms with van der Waals surface area (Å²) in [5.74, 6) is -0.297. The summed E-state index contributed by atoms with van der Waals surface area (Å²) in [4.78, 5) is 13.4. The topological polar surface area (TPSA) is 79.9 Å². The predicted octanol–water partition coefficient (Wildman–Crippen LogP) is 1.92. The van der Waals surface area contributed by atoms with E-state index >= 15 is 0 Å². The molecule has 0 unspecified atom stereocenters. The van der Waals surface area contributed by atoms with Gasteiger partial charge in [0.1, 0.15) is 13.1 Å². The number of hydrogen-bond donors (Lipinski definition) is 1. The van der Waals surface area contributed by atoms with Gasteiger partial charge in [0.05, 0.1) is 12.1 Å². The zero-order chi connectivity index (χ0) is 14.3. The summed E-state index contributed by atoms with van der Waals surface area (Å²) in [6, 6.07) is 9.09. The van der Waals surface area contributed by atoms with Gasteiger partial charge in [0.2, 0.25) is 0 Å². The molecule has 1 aromatic carbocycles. The van der Waals surface area contributed by atoms with E-state index in [2.05, 4.69) is 5.32 Å². The number of hydrogen-bond acceptors (Lipinski definition) is 4. The highest BCUT2D eigenvalue weighted by Gasteiger charge is 2.15. The average molecular weight is 256 g/mol. The smallest absolute Gasteiger partial charge is 0.255 e. The summed E-state index contributed by atoms with van der Waals surface area (Å²) in [6.07, 6.45) is 0. The number of carbonyl (C=O) groups excluding carboxylic acids is 1. The van der Waals surface area contributed by atoms with Crippen molar-refractivity contribution < 1.29 is 4.79 Å². The van der Waals surface area contributed by atoms with E-state index in [0.717, 1.165) is 17.8 Å². The largest absolute Gasteiger partial charge is 0.385 e. The van der Waals surface area contributed by atoms with Gasteiger partial charge in [0.25, 0.3) is 5.91 Å². The molecule has 0 aliphatic rings. The van der Waals surface area contributed by atoms with Gasteiger partial charge in [0.15, 0.2) is 0 Å². The number of nitrogens with one attached hydrogen (secondary N) is 1. The summed E-state index contributed by atoms with van der Waals surface area (Å²) >= 11 is 0. The molecule has 0 aliphatic carbocycles. The average Bonchev–Trinajstić information content (AvgIpc) is 2.40. The van der Waals surface area contributed by atoms with Crippen molar-refractivity contribution in [3.63, 3.8) is 0 Å². The third kappa shape index (κ3) is 3.72. The Labute approximate surface area is 113 Å². The van der Waals surface area contributed by atoms with Gasteiger partial charge in [-0.3, -0.25) is 4.79 Å². The van der Waals surface area contributed by atoms with E-state index < -0.39 is 0 Å². The Hall–Kier alpha value is -2.53. The Balaban J connectivity index is 2.96. The lowest BCUT2D eigenvalue weighted by atomic mass is 10.1. The van der Waals surface area contributed by atoms with Crippen LogP contribution < -0.4 is 5.32 Å². The third-order valence-corrected chi connectivity index (χ3v) is 2.65. The van der Waals surface area contributed by atoms with Gasteiger partial charge in [-0.05, 0) is 37.6 Å². The second-order valence-corrected chi connectivity index (χ2v) is 4.04. The van der Waals surface area contributed by atoms with E-state index in [1.165, 1.54) is 4.90 Å². The molecule has 1 N–H and O–H groups in total. The molecule has 0 saturated heterocycles. The van der Waals surface area contributed by atoms with Gasteiger partial charge >= 0.3 is 0 Å². The van der Waals surface area contributed by atoms with Crippen molar-refractivity contribution >= 4 is 11.6 Å². The lowest BCUT2D eigenvalue weighted by Gasteiger charge is -2.17. The zero-order valence-corrected chi connectivity index (χ0v) is 11.1. The molecule has 5 nitrogen and oxygen atoms in total. The summed E-state index contributed by atoms with van der Waals surface area (Å²) < 4.78 is 0. The van der Waals surface area contributed by atoms with Crippen LogP contribution in [0.2, 0.25) is 0 Å². The van der Waals surface area contributed by atoms with Crippen molar-refractivity contribution in [2.45, 2.75) is 13.8 Å². The Morgan fingerprint density at radius 1 is 1.32 bits per heavy atom. The summed E-state index contributed by atoms with van der Waals surface area (Å²) in [6.45, 7) is 4.55. The maximum Gasteiger partial charge on any atom is 0.255 e. The van der Waals surface area contributed by atoms with E-state index in [9.17, 15) is 4.79 Å². The fourth-order valence-electron chi connectivity index (χ4n) is 1.74. The Morgan fingerprint density at radius 3 is 2.42 bits per heavy atom. The van der Waals surface area contributed by atoms with Crippen molar-refractivity contribution in [2.24, 2.45) is 0 Å². The first-order valence-electron chi connectivity index (χ1n) is 6.01. The number of anilines is 1. The fourth-order valence-corrected chi connectivity index (χ4v) is 1.74. The number of nitriles is 2. The first-order valence-corrected chi connectivity index (χ1v) is 6.01. The SMILES string of the molecule is CCNc1ccc(C(=O)N(CC#N)CC#N)cc1C. The van der Waals surface area contributed by atoms with E-state index in [1.807, 2.05) is 32.1 Å². The molecule has 98 valence electrons. The minimum atomic E-state index is -0.297. The van der Waals surface area contributed by atoms with Crippen LogP contribution in [-0.2, 0) is 0 Å². The lowest BCUT2D eigenvalue weighted by molar-refractivity contribution is 0.0794. The van der Waals surface area contributed by atoms with Gasteiger partial charge in [-0.1, -0.05) is 0 Å². The minimum Gasteiger partial charge on any atom is -0.385 e. The Bertz CT molecular complexity index is 523. The number of carbonyl (C=O) groups is 1. The maximum absolute atomic E-state index is 12.1. The number of rotatable bonds is 5. The van der Waals surface area contributed by atoms with Crippen LogP contribution in [0.4, 0.5) is 5.69 Å². The first-order chi connectivity index (χ1) is 9.13. The van der Waals surface area contributed by atoms with Crippen LogP contribution in [-0.4, -0.2) is 30.4 Å². The van der Waals surface area contributed by atoms with Gasteiger partial charge in [-0.25, -0.2) is 0 Å². The van der Waals surface area contributed by atoms with Crippen LogP contribution in [0.25, 0.3) is 0 Å². The first kappa shape index (κ1) is 14.5. The summed E-state index contributed by atoms with van der Waals surface area (Å²) in [7, 11) is 0. The molecule has 19 heavy (non-hydrogen) atoms.